The number of halogens is 1. The van der Waals surface area contributed by atoms with Crippen molar-refractivity contribution < 1.29 is 18.9 Å². The van der Waals surface area contributed by atoms with Crippen molar-refractivity contribution in [3.05, 3.63) is 44.9 Å². The zero-order chi connectivity index (χ0) is 19.1. The second-order valence-electron chi connectivity index (χ2n) is 7.48. The van der Waals surface area contributed by atoms with Gasteiger partial charge in [0.15, 0.2) is 0 Å². The molecule has 4 nitrogen and oxygen atoms in total. The molecule has 2 atom stereocenters. The average Bonchev–Trinajstić information content (AvgIpc) is 3.51. The Kier molecular flexibility index (Phi) is 5.19. The van der Waals surface area contributed by atoms with Crippen LogP contribution < -0.4 is 9.47 Å². The van der Waals surface area contributed by atoms with Crippen LogP contribution in [-0.4, -0.2) is 38.6 Å². The van der Waals surface area contributed by atoms with Crippen molar-refractivity contribution in [2.24, 2.45) is 0 Å². The first-order valence-corrected chi connectivity index (χ1v) is 10.1. The fourth-order valence-electron chi connectivity index (χ4n) is 3.39. The zero-order valence-corrected chi connectivity index (χ0v) is 17.8. The van der Waals surface area contributed by atoms with Gasteiger partial charge in [0.2, 0.25) is 0 Å². The number of ether oxygens (including phenoxy) is 4. The zero-order valence-electron chi connectivity index (χ0n) is 16.2. The first-order valence-electron chi connectivity index (χ1n) is 9.34. The Hall–Kier alpha value is -1.56. The maximum atomic E-state index is 6.00. The van der Waals surface area contributed by atoms with E-state index in [-0.39, 0.29) is 12.2 Å². The largest absolute Gasteiger partial charge is 0.490 e. The number of rotatable bonds is 7. The molecule has 2 saturated heterocycles. The van der Waals surface area contributed by atoms with E-state index in [4.69, 9.17) is 18.9 Å². The van der Waals surface area contributed by atoms with Gasteiger partial charge in [-0.05, 0) is 89.6 Å². The van der Waals surface area contributed by atoms with Gasteiger partial charge in [0.05, 0.1) is 13.2 Å². The highest BCUT2D eigenvalue weighted by Crippen LogP contribution is 2.40. The predicted octanol–water partition coefficient (Wildman–Crippen LogP) is 4.90. The topological polar surface area (TPSA) is 43.5 Å². The molecule has 0 bridgehead atoms. The fraction of sp³-hybridized carbons (Fsp3) is 0.455. The summed E-state index contributed by atoms with van der Waals surface area (Å²) >= 11 is 3.79. The summed E-state index contributed by atoms with van der Waals surface area (Å²) in [7, 11) is 0. The minimum atomic E-state index is 0.251. The number of benzene rings is 2. The van der Waals surface area contributed by atoms with E-state index in [1.165, 1.54) is 11.1 Å². The molecule has 2 unspecified atom stereocenters. The second-order valence-corrected chi connectivity index (χ2v) is 8.27. The van der Waals surface area contributed by atoms with Gasteiger partial charge >= 0.3 is 0 Å². The van der Waals surface area contributed by atoms with Gasteiger partial charge in [0.1, 0.15) is 36.9 Å². The van der Waals surface area contributed by atoms with Crippen molar-refractivity contribution in [1.82, 2.24) is 0 Å². The van der Waals surface area contributed by atoms with Crippen LogP contribution >= 0.6 is 15.9 Å². The van der Waals surface area contributed by atoms with Crippen LogP contribution in [0.4, 0.5) is 0 Å². The van der Waals surface area contributed by atoms with Gasteiger partial charge in [-0.25, -0.2) is 0 Å². The SMILES string of the molecule is Cc1cc(-c2cc(C)c(OCC3CO3)c(C)c2Br)cc(C)c1OCC1CO1. The van der Waals surface area contributed by atoms with Crippen LogP contribution in [0.3, 0.4) is 0 Å². The molecule has 0 N–H and O–H groups in total. The summed E-state index contributed by atoms with van der Waals surface area (Å²) in [5, 5.41) is 0. The van der Waals surface area contributed by atoms with Crippen LogP contribution in [0.5, 0.6) is 11.5 Å². The van der Waals surface area contributed by atoms with Crippen molar-refractivity contribution >= 4 is 15.9 Å². The van der Waals surface area contributed by atoms with E-state index in [1.54, 1.807) is 0 Å². The molecule has 0 radical (unpaired) electrons. The van der Waals surface area contributed by atoms with Crippen molar-refractivity contribution in [2.45, 2.75) is 39.9 Å². The van der Waals surface area contributed by atoms with E-state index in [1.807, 2.05) is 0 Å². The lowest BCUT2D eigenvalue weighted by atomic mass is 9.96. The predicted molar refractivity (Wildman–Crippen MR) is 109 cm³/mol. The monoisotopic (exact) mass is 432 g/mol. The maximum absolute atomic E-state index is 6.00. The average molecular weight is 433 g/mol. The molecule has 0 amide bonds. The van der Waals surface area contributed by atoms with Gasteiger partial charge in [0, 0.05) is 10.0 Å². The van der Waals surface area contributed by atoms with Gasteiger partial charge in [-0.15, -0.1) is 0 Å². The first kappa shape index (κ1) is 18.8. The molecule has 2 aromatic rings. The molecule has 5 heteroatoms. The van der Waals surface area contributed by atoms with Crippen molar-refractivity contribution in [3.63, 3.8) is 0 Å². The summed E-state index contributed by atoms with van der Waals surface area (Å²) in [6.45, 7) is 11.2. The first-order chi connectivity index (χ1) is 12.9. The Morgan fingerprint density at radius 1 is 0.852 bits per heavy atom. The van der Waals surface area contributed by atoms with Gasteiger partial charge in [-0.1, -0.05) is 0 Å². The third-order valence-electron chi connectivity index (χ3n) is 5.03. The van der Waals surface area contributed by atoms with Crippen molar-refractivity contribution in [1.29, 1.82) is 0 Å². The molecule has 2 aliphatic heterocycles. The highest BCUT2D eigenvalue weighted by Gasteiger charge is 2.25. The lowest BCUT2D eigenvalue weighted by Gasteiger charge is -2.18. The molecular formula is C22H25BrO4. The molecule has 2 aromatic carbocycles. The molecule has 0 spiro atoms. The standard InChI is InChI=1S/C22H25BrO4/c1-12-5-16(6-13(2)21(12)26-10-17-8-24-17)19-7-14(3)22(15(4)20(19)23)27-11-18-9-25-18/h5-7,17-18H,8-11H2,1-4H3. The van der Waals surface area contributed by atoms with Crippen LogP contribution in [0, 0.1) is 27.7 Å². The second kappa shape index (κ2) is 7.46. The fourth-order valence-corrected chi connectivity index (χ4v) is 3.91. The van der Waals surface area contributed by atoms with Crippen LogP contribution in [0.25, 0.3) is 11.1 Å². The summed E-state index contributed by atoms with van der Waals surface area (Å²) < 4.78 is 23.5. The van der Waals surface area contributed by atoms with Crippen LogP contribution in [0.15, 0.2) is 22.7 Å². The molecule has 0 saturated carbocycles. The van der Waals surface area contributed by atoms with Crippen LogP contribution in [0.1, 0.15) is 22.3 Å². The summed E-state index contributed by atoms with van der Waals surface area (Å²) in [5.41, 5.74) is 6.87. The van der Waals surface area contributed by atoms with E-state index in [0.29, 0.717) is 13.2 Å². The molecule has 4 rings (SSSR count). The third kappa shape index (κ3) is 4.15. The molecule has 2 aliphatic rings. The lowest BCUT2D eigenvalue weighted by Crippen LogP contribution is -2.07. The third-order valence-corrected chi connectivity index (χ3v) is 6.05. The number of hydrogen-bond donors (Lipinski definition) is 0. The Bertz CT molecular complexity index is 846. The Morgan fingerprint density at radius 2 is 1.33 bits per heavy atom. The van der Waals surface area contributed by atoms with Gasteiger partial charge < -0.3 is 18.9 Å². The van der Waals surface area contributed by atoms with E-state index in [0.717, 1.165) is 51.4 Å². The summed E-state index contributed by atoms with van der Waals surface area (Å²) in [4.78, 5) is 0. The smallest absolute Gasteiger partial charge is 0.126 e. The minimum absolute atomic E-state index is 0.251. The van der Waals surface area contributed by atoms with Crippen molar-refractivity contribution in [3.8, 4) is 22.6 Å². The molecule has 2 heterocycles. The van der Waals surface area contributed by atoms with E-state index in [2.05, 4.69) is 61.8 Å². The molecule has 27 heavy (non-hydrogen) atoms. The maximum Gasteiger partial charge on any atom is 0.126 e. The molecule has 0 aromatic heterocycles. The van der Waals surface area contributed by atoms with Crippen LogP contribution in [0.2, 0.25) is 0 Å². The summed E-state index contributed by atoms with van der Waals surface area (Å²) in [6.07, 6.45) is 0.512. The highest BCUT2D eigenvalue weighted by atomic mass is 79.9. The highest BCUT2D eigenvalue weighted by molar-refractivity contribution is 9.10. The number of hydrogen-bond acceptors (Lipinski definition) is 4. The molecule has 2 fully saturated rings. The van der Waals surface area contributed by atoms with Gasteiger partial charge in [-0.3, -0.25) is 0 Å². The summed E-state index contributed by atoms with van der Waals surface area (Å²) in [6, 6.07) is 6.56. The summed E-state index contributed by atoms with van der Waals surface area (Å²) in [5.74, 6) is 1.90. The van der Waals surface area contributed by atoms with E-state index in [9.17, 15) is 0 Å². The number of epoxide rings is 2. The number of aryl methyl sites for hydroxylation is 3. The Balaban J connectivity index is 1.63. The Morgan fingerprint density at radius 3 is 1.85 bits per heavy atom. The van der Waals surface area contributed by atoms with E-state index < -0.39 is 0 Å². The van der Waals surface area contributed by atoms with Gasteiger partial charge in [-0.2, -0.15) is 0 Å². The molecular weight excluding hydrogens is 408 g/mol. The van der Waals surface area contributed by atoms with Crippen molar-refractivity contribution in [2.75, 3.05) is 26.4 Å². The van der Waals surface area contributed by atoms with Crippen LogP contribution in [-0.2, 0) is 9.47 Å². The van der Waals surface area contributed by atoms with E-state index >= 15 is 0 Å². The lowest BCUT2D eigenvalue weighted by molar-refractivity contribution is 0.260. The Labute approximate surface area is 168 Å². The van der Waals surface area contributed by atoms with Gasteiger partial charge in [0.25, 0.3) is 0 Å². The minimum Gasteiger partial charge on any atom is -0.490 e. The molecule has 144 valence electrons. The quantitative estimate of drug-likeness (QED) is 0.583. The normalized spacial score (nSPS) is 20.5. The molecule has 0 aliphatic carbocycles.